The van der Waals surface area contributed by atoms with Crippen LogP contribution in [-0.4, -0.2) is 46.9 Å². The lowest BCUT2D eigenvalue weighted by Gasteiger charge is -2.35. The molecule has 2 aliphatic rings. The number of nitrogens with zero attached hydrogens (tertiary/aromatic N) is 2. The number of benzene rings is 1. The molecule has 1 saturated heterocycles. The third kappa shape index (κ3) is 4.41. The number of carbonyl (C=O) groups is 1. The second kappa shape index (κ2) is 8.26. The number of aromatic nitrogens is 1. The van der Waals surface area contributed by atoms with Gasteiger partial charge in [-0.2, -0.15) is 0 Å². The summed E-state index contributed by atoms with van der Waals surface area (Å²) in [5.41, 5.74) is 1.67. The van der Waals surface area contributed by atoms with Crippen molar-refractivity contribution in [3.05, 3.63) is 46.2 Å². The van der Waals surface area contributed by atoms with E-state index in [1.54, 1.807) is 0 Å². The van der Waals surface area contributed by atoms with E-state index in [2.05, 4.69) is 9.88 Å². The Morgan fingerprint density at radius 2 is 1.78 bits per heavy atom. The molecule has 0 radical (unpaired) electrons. The van der Waals surface area contributed by atoms with E-state index in [1.807, 2.05) is 35.2 Å². The van der Waals surface area contributed by atoms with E-state index in [1.165, 1.54) is 32.1 Å². The number of rotatable bonds is 4. The van der Waals surface area contributed by atoms with Gasteiger partial charge in [0.25, 0.3) is 5.56 Å². The van der Waals surface area contributed by atoms with E-state index in [4.69, 9.17) is 0 Å². The molecular formula is C22H29N3O2. The molecule has 2 heterocycles. The monoisotopic (exact) mass is 367 g/mol. The fraction of sp³-hybridized carbons (Fsp3) is 0.545. The largest absolute Gasteiger partial charge is 0.340 e. The Labute approximate surface area is 160 Å². The number of hydrogen-bond donors (Lipinski definition) is 1. The van der Waals surface area contributed by atoms with Crippen molar-refractivity contribution in [3.63, 3.8) is 0 Å². The summed E-state index contributed by atoms with van der Waals surface area (Å²) in [5, 5.41) is 1.06. The molecule has 0 atom stereocenters. The van der Waals surface area contributed by atoms with Crippen LogP contribution in [0.2, 0.25) is 0 Å². The molecule has 0 bridgehead atoms. The molecule has 1 N–H and O–H groups in total. The van der Waals surface area contributed by atoms with Gasteiger partial charge in [-0.1, -0.05) is 37.5 Å². The van der Waals surface area contributed by atoms with E-state index in [-0.39, 0.29) is 5.56 Å². The van der Waals surface area contributed by atoms with E-state index in [9.17, 15) is 9.59 Å². The number of carbonyl (C=O) groups excluding carboxylic acids is 1. The maximum absolute atomic E-state index is 12.6. The van der Waals surface area contributed by atoms with Crippen LogP contribution < -0.4 is 5.56 Å². The fourth-order valence-corrected chi connectivity index (χ4v) is 4.47. The van der Waals surface area contributed by atoms with Crippen molar-refractivity contribution in [2.75, 3.05) is 26.2 Å². The fourth-order valence-electron chi connectivity index (χ4n) is 4.47. The van der Waals surface area contributed by atoms with Gasteiger partial charge in [0.1, 0.15) is 0 Å². The highest BCUT2D eigenvalue weighted by molar-refractivity contribution is 5.78. The molecule has 1 aromatic carbocycles. The molecule has 1 aromatic heterocycles. The number of H-pyrrole nitrogens is 1. The van der Waals surface area contributed by atoms with Gasteiger partial charge in [-0.3, -0.25) is 14.5 Å². The molecule has 0 unspecified atom stereocenters. The van der Waals surface area contributed by atoms with Crippen molar-refractivity contribution < 1.29 is 4.79 Å². The summed E-state index contributed by atoms with van der Waals surface area (Å²) < 4.78 is 0. The van der Waals surface area contributed by atoms with Crippen LogP contribution in [0.15, 0.2) is 35.1 Å². The molecule has 1 aliphatic carbocycles. The van der Waals surface area contributed by atoms with Gasteiger partial charge in [-0.15, -0.1) is 0 Å². The SMILES string of the molecule is O=C(CC1CCCCC1)N1CCN(Cc2cc3ccccc3[nH]c2=O)CC1. The van der Waals surface area contributed by atoms with Crippen molar-refractivity contribution in [1.82, 2.24) is 14.8 Å². The first-order valence-electron chi connectivity index (χ1n) is 10.3. The minimum Gasteiger partial charge on any atom is -0.340 e. The minimum atomic E-state index is -0.00972. The average Bonchev–Trinajstić information content (AvgIpc) is 2.70. The normalized spacial score (nSPS) is 19.5. The molecule has 4 rings (SSSR count). The summed E-state index contributed by atoms with van der Waals surface area (Å²) in [6, 6.07) is 9.87. The molecule has 2 fully saturated rings. The third-order valence-corrected chi connectivity index (χ3v) is 6.14. The maximum atomic E-state index is 12.6. The highest BCUT2D eigenvalue weighted by atomic mass is 16.2. The van der Waals surface area contributed by atoms with E-state index in [0.29, 0.717) is 18.4 Å². The third-order valence-electron chi connectivity index (χ3n) is 6.14. The van der Waals surface area contributed by atoms with Gasteiger partial charge in [0.15, 0.2) is 0 Å². The molecule has 1 amide bonds. The number of nitrogens with one attached hydrogen (secondary N) is 1. The standard InChI is InChI=1S/C22H29N3O2/c26-21(14-17-6-2-1-3-7-17)25-12-10-24(11-13-25)16-19-15-18-8-4-5-9-20(18)23-22(19)27/h4-5,8-9,15,17H,1-3,6-7,10-14,16H2,(H,23,27). The molecule has 144 valence electrons. The predicted molar refractivity (Wildman–Crippen MR) is 108 cm³/mol. The van der Waals surface area contributed by atoms with Gasteiger partial charge in [0.05, 0.1) is 0 Å². The lowest BCUT2D eigenvalue weighted by Crippen LogP contribution is -2.49. The van der Waals surface area contributed by atoms with E-state index in [0.717, 1.165) is 49.1 Å². The Kier molecular flexibility index (Phi) is 5.58. The van der Waals surface area contributed by atoms with Crippen LogP contribution in [0.1, 0.15) is 44.1 Å². The van der Waals surface area contributed by atoms with Crippen molar-refractivity contribution in [3.8, 4) is 0 Å². The van der Waals surface area contributed by atoms with Crippen LogP contribution in [0, 0.1) is 5.92 Å². The Morgan fingerprint density at radius 1 is 1.04 bits per heavy atom. The molecule has 0 spiro atoms. The Bertz CT molecular complexity index is 846. The smallest absolute Gasteiger partial charge is 0.252 e. The summed E-state index contributed by atoms with van der Waals surface area (Å²) in [5.74, 6) is 0.922. The number of fused-ring (bicyclic) bond motifs is 1. The Hall–Kier alpha value is -2.14. The van der Waals surface area contributed by atoms with E-state index >= 15 is 0 Å². The lowest BCUT2D eigenvalue weighted by molar-refractivity contribution is -0.134. The summed E-state index contributed by atoms with van der Waals surface area (Å²) >= 11 is 0. The highest BCUT2D eigenvalue weighted by Crippen LogP contribution is 2.27. The van der Waals surface area contributed by atoms with Crippen molar-refractivity contribution in [1.29, 1.82) is 0 Å². The van der Waals surface area contributed by atoms with Crippen molar-refractivity contribution in [2.24, 2.45) is 5.92 Å². The van der Waals surface area contributed by atoms with E-state index < -0.39 is 0 Å². The zero-order valence-electron chi connectivity index (χ0n) is 16.0. The van der Waals surface area contributed by atoms with Gasteiger partial charge >= 0.3 is 0 Å². The zero-order chi connectivity index (χ0) is 18.6. The first-order chi connectivity index (χ1) is 13.2. The quantitative estimate of drug-likeness (QED) is 0.903. The number of hydrogen-bond acceptors (Lipinski definition) is 3. The summed E-state index contributed by atoms with van der Waals surface area (Å²) in [6.07, 6.45) is 7.06. The molecule has 1 saturated carbocycles. The lowest BCUT2D eigenvalue weighted by atomic mass is 9.86. The van der Waals surface area contributed by atoms with Crippen LogP contribution in [0.3, 0.4) is 0 Å². The second-order valence-electron chi connectivity index (χ2n) is 8.08. The Balaban J connectivity index is 1.32. The molecule has 27 heavy (non-hydrogen) atoms. The molecule has 5 nitrogen and oxygen atoms in total. The highest BCUT2D eigenvalue weighted by Gasteiger charge is 2.24. The number of pyridine rings is 1. The predicted octanol–water partition coefficient (Wildman–Crippen LogP) is 3.14. The van der Waals surface area contributed by atoms with Gasteiger partial charge < -0.3 is 9.88 Å². The number of amides is 1. The van der Waals surface area contributed by atoms with Gasteiger partial charge in [-0.25, -0.2) is 0 Å². The summed E-state index contributed by atoms with van der Waals surface area (Å²) in [4.78, 5) is 32.2. The van der Waals surface area contributed by atoms with Gasteiger partial charge in [0.2, 0.25) is 5.91 Å². The summed E-state index contributed by atoms with van der Waals surface area (Å²) in [7, 11) is 0. The van der Waals surface area contributed by atoms with Crippen LogP contribution in [-0.2, 0) is 11.3 Å². The molecular weight excluding hydrogens is 338 g/mol. The first kappa shape index (κ1) is 18.2. The average molecular weight is 367 g/mol. The molecule has 5 heteroatoms. The number of para-hydroxylation sites is 1. The maximum Gasteiger partial charge on any atom is 0.252 e. The second-order valence-corrected chi connectivity index (χ2v) is 8.08. The van der Waals surface area contributed by atoms with Crippen molar-refractivity contribution in [2.45, 2.75) is 45.1 Å². The molecule has 2 aromatic rings. The number of aromatic amines is 1. The first-order valence-corrected chi connectivity index (χ1v) is 10.3. The van der Waals surface area contributed by atoms with Gasteiger partial charge in [-0.05, 0) is 36.3 Å². The van der Waals surface area contributed by atoms with Crippen LogP contribution in [0.25, 0.3) is 10.9 Å². The van der Waals surface area contributed by atoms with Crippen LogP contribution in [0.5, 0.6) is 0 Å². The number of piperazine rings is 1. The Morgan fingerprint density at radius 3 is 2.56 bits per heavy atom. The van der Waals surface area contributed by atoms with Gasteiger partial charge in [0, 0.05) is 50.2 Å². The van der Waals surface area contributed by atoms with Crippen LogP contribution >= 0.6 is 0 Å². The minimum absolute atomic E-state index is 0.00972. The molecule has 1 aliphatic heterocycles. The topological polar surface area (TPSA) is 56.4 Å². The summed E-state index contributed by atoms with van der Waals surface area (Å²) in [6.45, 7) is 3.87. The van der Waals surface area contributed by atoms with Crippen LogP contribution in [0.4, 0.5) is 0 Å². The zero-order valence-corrected chi connectivity index (χ0v) is 16.0. The van der Waals surface area contributed by atoms with Crippen molar-refractivity contribution >= 4 is 16.8 Å².